The molecule has 1 rings (SSSR count). The normalized spacial score (nSPS) is 10.8. The number of benzene rings is 1. The Morgan fingerprint density at radius 3 is 2.21 bits per heavy atom. The number of nitrogens with one attached hydrogen (secondary N) is 1. The molecule has 0 atom stereocenters. The second kappa shape index (κ2) is 7.96. The lowest BCUT2D eigenvalue weighted by atomic mass is 10.3. The van der Waals surface area contributed by atoms with E-state index < -0.39 is 29.0 Å². The molecule has 7 heteroatoms. The van der Waals surface area contributed by atoms with Gasteiger partial charge in [-0.25, -0.2) is 8.78 Å². The molecular formula is C12H15F4NO2. The average molecular weight is 281 g/mol. The van der Waals surface area contributed by atoms with Crippen molar-refractivity contribution >= 4 is 0 Å². The van der Waals surface area contributed by atoms with Crippen molar-refractivity contribution in [3.05, 3.63) is 29.3 Å². The van der Waals surface area contributed by atoms with Gasteiger partial charge in [0.15, 0.2) is 17.4 Å². The van der Waals surface area contributed by atoms with E-state index in [0.717, 1.165) is 0 Å². The van der Waals surface area contributed by atoms with Gasteiger partial charge in [-0.2, -0.15) is 8.78 Å². The van der Waals surface area contributed by atoms with Crippen molar-refractivity contribution < 1.29 is 27.0 Å². The molecule has 0 heterocycles. The van der Waals surface area contributed by atoms with Crippen LogP contribution in [0.2, 0.25) is 0 Å². The smallest absolute Gasteiger partial charge is 0.203 e. The molecule has 0 aliphatic heterocycles. The van der Waals surface area contributed by atoms with E-state index >= 15 is 0 Å². The van der Waals surface area contributed by atoms with E-state index in [1.165, 1.54) is 0 Å². The van der Waals surface area contributed by atoms with Crippen LogP contribution in [0.15, 0.2) is 6.07 Å². The van der Waals surface area contributed by atoms with E-state index in [9.17, 15) is 17.6 Å². The van der Waals surface area contributed by atoms with Gasteiger partial charge in [0.05, 0.1) is 13.2 Å². The number of methoxy groups -OCH3 is 1. The largest absolute Gasteiger partial charge is 0.487 e. The van der Waals surface area contributed by atoms with E-state index in [1.807, 2.05) is 0 Å². The van der Waals surface area contributed by atoms with Crippen LogP contribution in [0.4, 0.5) is 17.6 Å². The Hall–Kier alpha value is -1.34. The fourth-order valence-corrected chi connectivity index (χ4v) is 1.35. The quantitative estimate of drug-likeness (QED) is 0.450. The fourth-order valence-electron chi connectivity index (χ4n) is 1.35. The average Bonchev–Trinajstić information content (AvgIpc) is 2.39. The molecule has 1 N–H and O–H groups in total. The van der Waals surface area contributed by atoms with Crippen molar-refractivity contribution in [1.82, 2.24) is 5.32 Å². The van der Waals surface area contributed by atoms with Crippen LogP contribution < -0.4 is 10.1 Å². The second-order valence-corrected chi connectivity index (χ2v) is 3.74. The van der Waals surface area contributed by atoms with Crippen LogP contribution in [-0.2, 0) is 4.74 Å². The third kappa shape index (κ3) is 4.68. The van der Waals surface area contributed by atoms with E-state index in [0.29, 0.717) is 26.1 Å². The van der Waals surface area contributed by atoms with Crippen molar-refractivity contribution in [3.63, 3.8) is 0 Å². The topological polar surface area (TPSA) is 30.5 Å². The van der Waals surface area contributed by atoms with Crippen LogP contribution >= 0.6 is 0 Å². The van der Waals surface area contributed by atoms with Gasteiger partial charge in [-0.1, -0.05) is 0 Å². The Labute approximate surface area is 108 Å². The minimum absolute atomic E-state index is 0.0588. The maximum atomic E-state index is 13.2. The van der Waals surface area contributed by atoms with Crippen LogP contribution in [0.5, 0.6) is 5.75 Å². The molecule has 0 aliphatic carbocycles. The van der Waals surface area contributed by atoms with Gasteiger partial charge in [-0.05, 0) is 13.0 Å². The summed E-state index contributed by atoms with van der Waals surface area (Å²) in [6.45, 7) is 1.65. The first-order valence-electron chi connectivity index (χ1n) is 5.73. The van der Waals surface area contributed by atoms with Crippen LogP contribution in [0.25, 0.3) is 0 Å². The Morgan fingerprint density at radius 2 is 1.63 bits per heavy atom. The first-order valence-corrected chi connectivity index (χ1v) is 5.73. The van der Waals surface area contributed by atoms with Crippen molar-refractivity contribution in [3.8, 4) is 5.75 Å². The second-order valence-electron chi connectivity index (χ2n) is 3.74. The summed E-state index contributed by atoms with van der Waals surface area (Å²) in [6.07, 6.45) is 0.431. The molecule has 0 saturated heterocycles. The number of hydrogen-bond donors (Lipinski definition) is 1. The predicted octanol–water partition coefficient (Wildman–Crippen LogP) is 2.25. The van der Waals surface area contributed by atoms with Crippen molar-refractivity contribution in [2.24, 2.45) is 0 Å². The zero-order valence-electron chi connectivity index (χ0n) is 10.4. The van der Waals surface area contributed by atoms with E-state index in [4.69, 9.17) is 9.47 Å². The fraction of sp³-hybridized carbons (Fsp3) is 0.500. The number of ether oxygens (including phenoxy) is 2. The summed E-state index contributed by atoms with van der Waals surface area (Å²) in [5.74, 6) is -7.02. The molecule has 108 valence electrons. The third-order valence-electron chi connectivity index (χ3n) is 2.30. The Bertz CT molecular complexity index is 389. The van der Waals surface area contributed by atoms with Gasteiger partial charge < -0.3 is 14.8 Å². The van der Waals surface area contributed by atoms with Gasteiger partial charge in [0.2, 0.25) is 11.6 Å². The molecule has 0 aliphatic rings. The summed E-state index contributed by atoms with van der Waals surface area (Å²) in [4.78, 5) is 0. The maximum absolute atomic E-state index is 13.2. The van der Waals surface area contributed by atoms with Gasteiger partial charge in [-0.15, -0.1) is 0 Å². The van der Waals surface area contributed by atoms with Crippen LogP contribution in [0.3, 0.4) is 0 Å². The molecule has 19 heavy (non-hydrogen) atoms. The molecule has 1 aromatic rings. The Balaban J connectivity index is 2.41. The lowest BCUT2D eigenvalue weighted by Gasteiger charge is -2.09. The summed E-state index contributed by atoms with van der Waals surface area (Å²) in [5.41, 5.74) is 0. The first-order chi connectivity index (χ1) is 9.07. The highest BCUT2D eigenvalue weighted by atomic mass is 19.2. The highest BCUT2D eigenvalue weighted by Crippen LogP contribution is 2.26. The monoisotopic (exact) mass is 281 g/mol. The summed E-state index contributed by atoms with van der Waals surface area (Å²) < 4.78 is 61.6. The summed E-state index contributed by atoms with van der Waals surface area (Å²) in [7, 11) is 1.56. The number of halogens is 4. The zero-order valence-corrected chi connectivity index (χ0v) is 10.4. The van der Waals surface area contributed by atoms with Crippen molar-refractivity contribution in [2.45, 2.75) is 6.42 Å². The number of rotatable bonds is 8. The van der Waals surface area contributed by atoms with Crippen LogP contribution in [-0.4, -0.2) is 33.4 Å². The van der Waals surface area contributed by atoms with Gasteiger partial charge in [0.1, 0.15) is 0 Å². The molecular weight excluding hydrogens is 266 g/mol. The Morgan fingerprint density at radius 1 is 1.00 bits per heavy atom. The minimum Gasteiger partial charge on any atom is -0.487 e. The molecule has 0 unspecified atom stereocenters. The van der Waals surface area contributed by atoms with Crippen LogP contribution in [0.1, 0.15) is 6.42 Å². The van der Waals surface area contributed by atoms with Crippen molar-refractivity contribution in [1.29, 1.82) is 0 Å². The van der Waals surface area contributed by atoms with Gasteiger partial charge in [0, 0.05) is 19.7 Å². The molecule has 0 spiro atoms. The van der Waals surface area contributed by atoms with Gasteiger partial charge in [0.25, 0.3) is 0 Å². The molecule has 0 fully saturated rings. The molecule has 3 nitrogen and oxygen atoms in total. The summed E-state index contributed by atoms with van der Waals surface area (Å²) in [5, 5.41) is 2.98. The highest BCUT2D eigenvalue weighted by Gasteiger charge is 2.20. The zero-order chi connectivity index (χ0) is 14.3. The third-order valence-corrected chi connectivity index (χ3v) is 2.30. The van der Waals surface area contributed by atoms with Crippen LogP contribution in [0, 0.1) is 23.3 Å². The molecule has 1 aromatic carbocycles. The Kier molecular flexibility index (Phi) is 6.58. The molecule has 0 bridgehead atoms. The number of hydrogen-bond acceptors (Lipinski definition) is 3. The molecule has 0 amide bonds. The van der Waals surface area contributed by atoms with E-state index in [-0.39, 0.29) is 12.7 Å². The highest BCUT2D eigenvalue weighted by molar-refractivity contribution is 5.28. The first kappa shape index (κ1) is 15.7. The van der Waals surface area contributed by atoms with E-state index in [1.54, 1.807) is 7.11 Å². The van der Waals surface area contributed by atoms with E-state index in [2.05, 4.69) is 5.32 Å². The van der Waals surface area contributed by atoms with Crippen molar-refractivity contribution in [2.75, 3.05) is 33.4 Å². The lowest BCUT2D eigenvalue weighted by Crippen LogP contribution is -2.21. The lowest BCUT2D eigenvalue weighted by molar-refractivity contribution is 0.198. The summed E-state index contributed by atoms with van der Waals surface area (Å²) >= 11 is 0. The predicted molar refractivity (Wildman–Crippen MR) is 61.1 cm³/mol. The SMILES string of the molecule is COCCNCCCOc1c(F)c(F)cc(F)c1F. The maximum Gasteiger partial charge on any atom is 0.203 e. The standard InChI is InChI=1S/C12H15F4NO2/c1-18-6-4-17-3-2-5-19-12-10(15)8(13)7-9(14)11(12)16/h7,17H,2-6H2,1H3. The minimum atomic E-state index is -1.52. The molecule has 0 saturated carbocycles. The van der Waals surface area contributed by atoms with Gasteiger partial charge >= 0.3 is 0 Å². The molecule has 0 radical (unpaired) electrons. The van der Waals surface area contributed by atoms with Gasteiger partial charge in [-0.3, -0.25) is 0 Å². The molecule has 0 aromatic heterocycles. The summed E-state index contributed by atoms with van der Waals surface area (Å²) in [6, 6.07) is 0.143.